The Bertz CT molecular complexity index is 623. The molecule has 6 heteroatoms. The van der Waals surface area contributed by atoms with Gasteiger partial charge >= 0.3 is 0 Å². The average molecular weight is 385 g/mol. The van der Waals surface area contributed by atoms with Crippen LogP contribution in [0.5, 0.6) is 0 Å². The fraction of sp³-hybridized carbons (Fsp3) is 0.571. The molecule has 0 unspecified atom stereocenters. The van der Waals surface area contributed by atoms with E-state index < -0.39 is 0 Å². The second kappa shape index (κ2) is 5.48. The lowest BCUT2D eigenvalue weighted by Gasteiger charge is -2.36. The summed E-state index contributed by atoms with van der Waals surface area (Å²) in [5, 5.41) is 1.17. The minimum Gasteiger partial charge on any atom is -0.355 e. The van der Waals surface area contributed by atoms with Gasteiger partial charge in [-0.2, -0.15) is 0 Å². The van der Waals surface area contributed by atoms with E-state index in [-0.39, 0.29) is 0 Å². The molecule has 5 nitrogen and oxygen atoms in total. The number of aromatic nitrogens is 3. The zero-order chi connectivity index (χ0) is 14.3. The van der Waals surface area contributed by atoms with Crippen molar-refractivity contribution < 1.29 is 0 Å². The molecule has 1 aliphatic heterocycles. The van der Waals surface area contributed by atoms with E-state index in [4.69, 9.17) is 0 Å². The maximum Gasteiger partial charge on any atom is 0.146 e. The van der Waals surface area contributed by atoms with Crippen LogP contribution < -0.4 is 4.90 Å². The molecule has 0 aliphatic carbocycles. The molecule has 1 aliphatic rings. The Morgan fingerprint density at radius 2 is 2.15 bits per heavy atom. The Hall–Kier alpha value is -0.890. The predicted octanol–water partition coefficient (Wildman–Crippen LogP) is 2.10. The largest absolute Gasteiger partial charge is 0.355 e. The third-order valence-electron chi connectivity index (χ3n) is 4.17. The van der Waals surface area contributed by atoms with Crippen molar-refractivity contribution in [2.45, 2.75) is 18.9 Å². The highest BCUT2D eigenvalue weighted by atomic mass is 127. The van der Waals surface area contributed by atoms with Gasteiger partial charge in [0.2, 0.25) is 0 Å². The molecule has 2 aromatic heterocycles. The minimum atomic E-state index is 0.530. The first kappa shape index (κ1) is 14.1. The summed E-state index contributed by atoms with van der Waals surface area (Å²) in [5.41, 5.74) is 1.01. The summed E-state index contributed by atoms with van der Waals surface area (Å²) >= 11 is 2.37. The molecule has 0 amide bonds. The molecule has 0 aromatic carbocycles. The normalized spacial score (nSPS) is 20.5. The van der Waals surface area contributed by atoms with E-state index >= 15 is 0 Å². The van der Waals surface area contributed by atoms with Crippen LogP contribution in [0, 0.1) is 3.57 Å². The van der Waals surface area contributed by atoms with Crippen molar-refractivity contribution in [2.24, 2.45) is 7.05 Å². The van der Waals surface area contributed by atoms with Gasteiger partial charge in [0.25, 0.3) is 0 Å². The Kier molecular flexibility index (Phi) is 3.85. The molecule has 3 rings (SSSR count). The quantitative estimate of drug-likeness (QED) is 0.743. The van der Waals surface area contributed by atoms with Gasteiger partial charge in [0.05, 0.1) is 5.39 Å². The molecule has 0 saturated carbocycles. The highest BCUT2D eigenvalue weighted by Gasteiger charge is 2.24. The van der Waals surface area contributed by atoms with E-state index in [9.17, 15) is 0 Å². The molecule has 3 heterocycles. The number of fused-ring (bicyclic) bond motifs is 1. The van der Waals surface area contributed by atoms with Crippen LogP contribution in [-0.2, 0) is 7.05 Å². The lowest BCUT2D eigenvalue weighted by Crippen LogP contribution is -2.45. The Balaban J connectivity index is 2.01. The minimum absolute atomic E-state index is 0.530. The van der Waals surface area contributed by atoms with Crippen molar-refractivity contribution in [2.75, 3.05) is 32.1 Å². The number of anilines is 1. The Morgan fingerprint density at radius 3 is 2.90 bits per heavy atom. The summed E-state index contributed by atoms with van der Waals surface area (Å²) in [5.74, 6) is 1.06. The molecule has 0 N–H and O–H groups in total. The number of likely N-dealkylation sites (tertiary alicyclic amines) is 1. The maximum atomic E-state index is 4.56. The zero-order valence-corrected chi connectivity index (χ0v) is 14.3. The van der Waals surface area contributed by atoms with E-state index in [1.807, 2.05) is 7.05 Å². The topological polar surface area (TPSA) is 37.2 Å². The maximum absolute atomic E-state index is 4.56. The van der Waals surface area contributed by atoms with E-state index in [2.05, 4.69) is 67.2 Å². The molecule has 1 saturated heterocycles. The summed E-state index contributed by atoms with van der Waals surface area (Å²) in [6.07, 6.45) is 6.28. The number of hydrogen-bond acceptors (Lipinski definition) is 4. The molecule has 0 spiro atoms. The van der Waals surface area contributed by atoms with E-state index in [0.717, 1.165) is 18.0 Å². The van der Waals surface area contributed by atoms with Crippen LogP contribution in [0.15, 0.2) is 12.5 Å². The van der Waals surface area contributed by atoms with E-state index in [1.54, 1.807) is 6.33 Å². The first-order chi connectivity index (χ1) is 9.58. The standard InChI is InChI=1S/C14H20IN5/c1-18-6-4-5-10(7-18)20(3)14-12-11(15)8-19(2)13(12)16-9-17-14/h8-10H,4-7H2,1-3H3/t10-/m1/s1. The second-order valence-corrected chi connectivity index (χ2v) is 6.82. The van der Waals surface area contributed by atoms with Crippen LogP contribution in [0.25, 0.3) is 11.0 Å². The van der Waals surface area contributed by atoms with Crippen LogP contribution in [0.2, 0.25) is 0 Å². The molecule has 108 valence electrons. The summed E-state index contributed by atoms with van der Waals surface area (Å²) < 4.78 is 3.29. The molecular weight excluding hydrogens is 365 g/mol. The molecule has 20 heavy (non-hydrogen) atoms. The summed E-state index contributed by atoms with van der Waals surface area (Å²) in [7, 11) is 6.40. The lowest BCUT2D eigenvalue weighted by atomic mass is 10.0. The average Bonchev–Trinajstić information content (AvgIpc) is 2.73. The van der Waals surface area contributed by atoms with Gasteiger partial charge in [-0.05, 0) is 49.0 Å². The summed E-state index contributed by atoms with van der Waals surface area (Å²) in [6, 6.07) is 0.530. The monoisotopic (exact) mass is 385 g/mol. The fourth-order valence-corrected chi connectivity index (χ4v) is 3.94. The van der Waals surface area contributed by atoms with Gasteiger partial charge in [-0.25, -0.2) is 9.97 Å². The van der Waals surface area contributed by atoms with Gasteiger partial charge < -0.3 is 14.4 Å². The SMILES string of the molecule is CN1CCC[C@@H](N(C)c2ncnc3c2c(I)cn3C)C1. The van der Waals surface area contributed by atoms with Crippen LogP contribution in [-0.4, -0.2) is 52.7 Å². The molecular formula is C14H20IN5. The van der Waals surface area contributed by atoms with Crippen molar-refractivity contribution in [3.05, 3.63) is 16.1 Å². The third kappa shape index (κ3) is 2.39. The van der Waals surface area contributed by atoms with Gasteiger partial charge in [0.15, 0.2) is 0 Å². The molecule has 1 fully saturated rings. The summed E-state index contributed by atoms with van der Waals surface area (Å²) in [4.78, 5) is 13.7. The van der Waals surface area contributed by atoms with Gasteiger partial charge in [0, 0.05) is 36.4 Å². The lowest BCUT2D eigenvalue weighted by molar-refractivity contribution is 0.247. The first-order valence-corrected chi connectivity index (χ1v) is 8.02. The predicted molar refractivity (Wildman–Crippen MR) is 90.1 cm³/mol. The number of halogens is 1. The van der Waals surface area contributed by atoms with E-state index in [0.29, 0.717) is 6.04 Å². The number of aryl methyl sites for hydroxylation is 1. The van der Waals surface area contributed by atoms with Crippen molar-refractivity contribution in [3.63, 3.8) is 0 Å². The summed E-state index contributed by atoms with van der Waals surface area (Å²) in [6.45, 7) is 2.30. The van der Waals surface area contributed by atoms with Crippen molar-refractivity contribution in [1.29, 1.82) is 0 Å². The number of nitrogens with zero attached hydrogens (tertiary/aromatic N) is 5. The van der Waals surface area contributed by atoms with Crippen molar-refractivity contribution in [3.8, 4) is 0 Å². The zero-order valence-electron chi connectivity index (χ0n) is 12.2. The number of piperidine rings is 1. The van der Waals surface area contributed by atoms with Crippen LogP contribution in [0.3, 0.4) is 0 Å². The van der Waals surface area contributed by atoms with Crippen LogP contribution in [0.1, 0.15) is 12.8 Å². The fourth-order valence-electron chi connectivity index (χ4n) is 3.04. The van der Waals surface area contributed by atoms with Crippen molar-refractivity contribution in [1.82, 2.24) is 19.4 Å². The second-order valence-electron chi connectivity index (χ2n) is 5.65. The smallest absolute Gasteiger partial charge is 0.146 e. The molecule has 2 aromatic rings. The number of hydrogen-bond donors (Lipinski definition) is 0. The van der Waals surface area contributed by atoms with Crippen LogP contribution in [0.4, 0.5) is 5.82 Å². The highest BCUT2D eigenvalue weighted by Crippen LogP contribution is 2.30. The Morgan fingerprint density at radius 1 is 1.35 bits per heavy atom. The number of rotatable bonds is 2. The van der Waals surface area contributed by atoms with Gasteiger partial charge in [-0.1, -0.05) is 0 Å². The first-order valence-electron chi connectivity index (χ1n) is 6.95. The molecule has 0 radical (unpaired) electrons. The van der Waals surface area contributed by atoms with Gasteiger partial charge in [-0.3, -0.25) is 0 Å². The van der Waals surface area contributed by atoms with Gasteiger partial charge in [-0.15, -0.1) is 0 Å². The molecule has 0 bridgehead atoms. The molecule has 1 atom stereocenters. The highest BCUT2D eigenvalue weighted by molar-refractivity contribution is 14.1. The van der Waals surface area contributed by atoms with Gasteiger partial charge in [0.1, 0.15) is 17.8 Å². The van der Waals surface area contributed by atoms with E-state index in [1.165, 1.54) is 28.3 Å². The number of likely N-dealkylation sites (N-methyl/N-ethyl adjacent to an activating group) is 2. The third-order valence-corrected chi connectivity index (χ3v) is 4.99. The Labute approximate surface area is 133 Å². The van der Waals surface area contributed by atoms with Crippen molar-refractivity contribution >= 4 is 39.4 Å². The van der Waals surface area contributed by atoms with Crippen LogP contribution >= 0.6 is 22.6 Å².